The summed E-state index contributed by atoms with van der Waals surface area (Å²) in [5.41, 5.74) is -4.24. The highest BCUT2D eigenvalue weighted by molar-refractivity contribution is 7.52. The Balaban J connectivity index is 1.10. The second-order valence-electron chi connectivity index (χ2n) is 13.2. The number of benzene rings is 1. The molecule has 1 aromatic carbocycles. The van der Waals surface area contributed by atoms with Gasteiger partial charge >= 0.3 is 13.3 Å². The second-order valence-corrected chi connectivity index (χ2v) is 15.9. The van der Waals surface area contributed by atoms with Gasteiger partial charge in [-0.15, -0.1) is 11.3 Å². The van der Waals surface area contributed by atoms with Gasteiger partial charge in [0.1, 0.15) is 12.1 Å². The first kappa shape index (κ1) is 30.4. The molecule has 0 unspecified atom stereocenters. The van der Waals surface area contributed by atoms with Crippen LogP contribution in [-0.4, -0.2) is 73.5 Å². The smallest absolute Gasteiger partial charge is 0.340 e. The van der Waals surface area contributed by atoms with E-state index in [1.165, 1.54) is 12.1 Å². The van der Waals surface area contributed by atoms with Crippen LogP contribution in [0.2, 0.25) is 0 Å². The van der Waals surface area contributed by atoms with E-state index >= 15 is 0 Å². The Labute approximate surface area is 262 Å². The number of rotatable bonds is 6. The molecule has 3 aromatic rings. The molecule has 2 aromatic heterocycles. The van der Waals surface area contributed by atoms with Crippen LogP contribution in [0.4, 0.5) is 8.78 Å². The molecule has 3 aliphatic heterocycles. The Morgan fingerprint density at radius 3 is 2.64 bits per heavy atom. The standard InChI is InChI=1S/C31H33F2N4O6PS/c1-30-12-21(30)11-22-5-6-24(29(40)36-15-19(16-36)17-3-2-8-34-14-17)37(22)28(39)23(13-30)35-27(38)26-10-18-9-20(4-7-25(18)45-26)31(32,33)44(41,42)43/h2-4,7-10,14,19,21-24H,5-6,11-13,15-16H2,1H3,(H,35,38)(H2,41,42,43)/t21-,22-,23+,24+,30-/m1/s1. The number of halogens is 2. The molecule has 14 heteroatoms. The van der Waals surface area contributed by atoms with Crippen molar-refractivity contribution in [2.45, 2.75) is 68.7 Å². The van der Waals surface area contributed by atoms with Crippen LogP contribution < -0.4 is 5.32 Å². The van der Waals surface area contributed by atoms with Crippen LogP contribution >= 0.6 is 18.9 Å². The third-order valence-corrected chi connectivity index (χ3v) is 12.3. The second kappa shape index (κ2) is 10.7. The number of nitrogens with one attached hydrogen (secondary N) is 1. The number of fused-ring (bicyclic) bond motifs is 3. The Hall–Kier alpha value is -3.25. The molecule has 3 N–H and O–H groups in total. The maximum Gasteiger partial charge on any atom is 0.399 e. The van der Waals surface area contributed by atoms with Crippen LogP contribution in [0.25, 0.3) is 10.1 Å². The molecule has 1 saturated carbocycles. The zero-order chi connectivity index (χ0) is 31.9. The van der Waals surface area contributed by atoms with Crippen molar-refractivity contribution in [1.29, 1.82) is 0 Å². The van der Waals surface area contributed by atoms with Gasteiger partial charge in [0.05, 0.1) is 4.88 Å². The highest BCUT2D eigenvalue weighted by Gasteiger charge is 2.58. The zero-order valence-corrected chi connectivity index (χ0v) is 26.1. The molecule has 238 valence electrons. The van der Waals surface area contributed by atoms with Crippen LogP contribution in [-0.2, 0) is 19.8 Å². The number of hydrogen-bond donors (Lipinski definition) is 3. The van der Waals surface area contributed by atoms with Crippen molar-refractivity contribution < 1.29 is 37.5 Å². The number of thiophene rings is 1. The molecule has 45 heavy (non-hydrogen) atoms. The molecule has 0 bridgehead atoms. The highest BCUT2D eigenvalue weighted by atomic mass is 32.1. The number of aromatic nitrogens is 1. The fourth-order valence-electron chi connectivity index (χ4n) is 7.42. The average Bonchev–Trinajstić information content (AvgIpc) is 3.28. The van der Waals surface area contributed by atoms with Crippen molar-refractivity contribution in [1.82, 2.24) is 20.1 Å². The highest BCUT2D eigenvalue weighted by Crippen LogP contribution is 2.60. The minimum Gasteiger partial charge on any atom is -0.340 e. The van der Waals surface area contributed by atoms with Crippen LogP contribution in [0.15, 0.2) is 48.8 Å². The quantitative estimate of drug-likeness (QED) is 0.333. The minimum atomic E-state index is -5.75. The summed E-state index contributed by atoms with van der Waals surface area (Å²) in [6.07, 6.45) is 7.04. The Kier molecular flexibility index (Phi) is 7.20. The molecule has 4 aliphatic rings. The van der Waals surface area contributed by atoms with E-state index in [2.05, 4.69) is 17.2 Å². The third kappa shape index (κ3) is 5.27. The van der Waals surface area contributed by atoms with Gasteiger partial charge in [-0.25, -0.2) is 0 Å². The summed E-state index contributed by atoms with van der Waals surface area (Å²) in [6.45, 7) is 3.27. The summed E-state index contributed by atoms with van der Waals surface area (Å²) >= 11 is 1.04. The summed E-state index contributed by atoms with van der Waals surface area (Å²) in [4.78, 5) is 67.5. The van der Waals surface area contributed by atoms with Gasteiger partial charge in [0.25, 0.3) is 5.91 Å². The zero-order valence-electron chi connectivity index (χ0n) is 24.4. The van der Waals surface area contributed by atoms with Crippen molar-refractivity contribution >= 4 is 46.7 Å². The largest absolute Gasteiger partial charge is 0.399 e. The van der Waals surface area contributed by atoms with E-state index < -0.39 is 36.8 Å². The minimum absolute atomic E-state index is 0.0670. The topological polar surface area (TPSA) is 140 Å². The molecule has 3 saturated heterocycles. The maximum atomic E-state index is 14.3. The van der Waals surface area contributed by atoms with Gasteiger partial charge in [0.15, 0.2) is 0 Å². The number of amides is 3. The van der Waals surface area contributed by atoms with Gasteiger partial charge in [-0.1, -0.05) is 19.1 Å². The Bertz CT molecular complexity index is 1740. The number of nitrogens with zero attached hydrogens (tertiary/aromatic N) is 3. The molecule has 3 amide bonds. The van der Waals surface area contributed by atoms with E-state index in [9.17, 15) is 27.7 Å². The predicted octanol–water partition coefficient (Wildman–Crippen LogP) is 4.43. The number of carbonyl (C=O) groups is 3. The van der Waals surface area contributed by atoms with Gasteiger partial charge in [-0.2, -0.15) is 8.78 Å². The fourth-order valence-corrected chi connectivity index (χ4v) is 8.85. The van der Waals surface area contributed by atoms with Gasteiger partial charge in [0.2, 0.25) is 11.8 Å². The van der Waals surface area contributed by atoms with E-state index in [0.29, 0.717) is 36.5 Å². The van der Waals surface area contributed by atoms with Crippen molar-refractivity contribution in [3.63, 3.8) is 0 Å². The number of hydrogen-bond acceptors (Lipinski definition) is 6. The molecular weight excluding hydrogens is 625 g/mol. The lowest BCUT2D eigenvalue weighted by Crippen LogP contribution is -2.60. The molecule has 5 atom stereocenters. The lowest BCUT2D eigenvalue weighted by Gasteiger charge is -2.43. The fraction of sp³-hybridized carbons (Fsp3) is 0.484. The first-order valence-electron chi connectivity index (χ1n) is 15.0. The summed E-state index contributed by atoms with van der Waals surface area (Å²) in [7, 11) is -5.75. The van der Waals surface area contributed by atoms with Crippen molar-refractivity contribution in [2.24, 2.45) is 11.3 Å². The molecule has 10 nitrogen and oxygen atoms in total. The summed E-state index contributed by atoms with van der Waals surface area (Å²) in [5, 5.41) is 3.13. The Morgan fingerprint density at radius 1 is 1.16 bits per heavy atom. The average molecular weight is 659 g/mol. The van der Waals surface area contributed by atoms with E-state index in [4.69, 9.17) is 9.79 Å². The van der Waals surface area contributed by atoms with Crippen molar-refractivity contribution in [3.8, 4) is 0 Å². The van der Waals surface area contributed by atoms with Crippen LogP contribution in [0, 0.1) is 11.3 Å². The molecule has 5 heterocycles. The monoisotopic (exact) mass is 658 g/mol. The number of pyridine rings is 1. The van der Waals surface area contributed by atoms with Gasteiger partial charge in [-0.05, 0) is 78.7 Å². The van der Waals surface area contributed by atoms with Crippen molar-refractivity contribution in [2.75, 3.05) is 13.1 Å². The lowest BCUT2D eigenvalue weighted by atomic mass is 9.90. The molecule has 7 rings (SSSR count). The van der Waals surface area contributed by atoms with Gasteiger partial charge < -0.3 is 24.9 Å². The van der Waals surface area contributed by atoms with Crippen LogP contribution in [0.1, 0.15) is 65.7 Å². The lowest BCUT2D eigenvalue weighted by molar-refractivity contribution is -0.150. The van der Waals surface area contributed by atoms with Gasteiger partial charge in [-0.3, -0.25) is 23.9 Å². The van der Waals surface area contributed by atoms with Crippen LogP contribution in [0.5, 0.6) is 0 Å². The maximum absolute atomic E-state index is 14.3. The summed E-state index contributed by atoms with van der Waals surface area (Å²) in [5.74, 6) is -0.279. The molecule has 0 radical (unpaired) electrons. The van der Waals surface area contributed by atoms with Gasteiger partial charge in [0, 0.05) is 47.7 Å². The normalized spacial score (nSPS) is 28.6. The van der Waals surface area contributed by atoms with E-state index in [1.807, 2.05) is 18.3 Å². The predicted molar refractivity (Wildman–Crippen MR) is 162 cm³/mol. The summed E-state index contributed by atoms with van der Waals surface area (Å²) < 4.78 is 40.5. The molecule has 1 aliphatic carbocycles. The number of alkyl halides is 2. The molecule has 4 fully saturated rings. The Morgan fingerprint density at radius 2 is 1.93 bits per heavy atom. The van der Waals surface area contributed by atoms with E-state index in [0.717, 1.165) is 48.3 Å². The van der Waals surface area contributed by atoms with Crippen LogP contribution in [0.3, 0.4) is 0 Å². The van der Waals surface area contributed by atoms with E-state index in [-0.39, 0.29) is 39.5 Å². The SMILES string of the molecule is C[C@]12C[C@H]1C[C@H]1CC[C@@H](C(=O)N3CC(c4cccnc4)C3)N1C(=O)[C@@H](NC(=O)c1cc3cc(C(F)(F)P(=O)(O)O)ccc3s1)C2. The first-order valence-corrected chi connectivity index (χ1v) is 17.5. The number of likely N-dealkylation sites (tertiary alicyclic amines) is 1. The van der Waals surface area contributed by atoms with E-state index in [1.54, 1.807) is 16.0 Å². The number of carbonyl (C=O) groups excluding carboxylic acids is 3. The third-order valence-electron chi connectivity index (χ3n) is 10.2. The summed E-state index contributed by atoms with van der Waals surface area (Å²) in [6, 6.07) is 6.95. The van der Waals surface area contributed by atoms with Crippen molar-refractivity contribution in [3.05, 3.63) is 64.8 Å². The molecular formula is C31H33F2N4O6PS. The first-order chi connectivity index (χ1) is 21.2. The molecule has 0 spiro atoms.